The zero-order valence-corrected chi connectivity index (χ0v) is 17.1. The molecule has 1 fully saturated rings. The molecule has 8 nitrogen and oxygen atoms in total. The monoisotopic (exact) mass is 413 g/mol. The van der Waals surface area contributed by atoms with Gasteiger partial charge in [0.1, 0.15) is 0 Å². The molecule has 2 aromatic rings. The van der Waals surface area contributed by atoms with Gasteiger partial charge in [-0.15, -0.1) is 10.2 Å². The summed E-state index contributed by atoms with van der Waals surface area (Å²) >= 11 is 6.16. The molecule has 0 radical (unpaired) electrons. The molecule has 1 aromatic heterocycles. The molecule has 0 saturated carbocycles. The third kappa shape index (κ3) is 4.49. The molecule has 0 bridgehead atoms. The van der Waals surface area contributed by atoms with Crippen molar-refractivity contribution in [3.8, 4) is 11.5 Å². The number of rotatable bonds is 7. The second-order valence-electron chi connectivity index (χ2n) is 6.25. The summed E-state index contributed by atoms with van der Waals surface area (Å²) in [6, 6.07) is 7.31. The number of piperazine rings is 1. The van der Waals surface area contributed by atoms with Crippen molar-refractivity contribution < 1.29 is 12.8 Å². The molecular weight excluding hydrogens is 390 g/mol. The Hall–Kier alpha value is -1.52. The molecule has 2 heterocycles. The predicted molar refractivity (Wildman–Crippen MR) is 103 cm³/mol. The van der Waals surface area contributed by atoms with Gasteiger partial charge in [0, 0.05) is 39.3 Å². The van der Waals surface area contributed by atoms with Crippen LogP contribution >= 0.6 is 11.6 Å². The van der Waals surface area contributed by atoms with Gasteiger partial charge >= 0.3 is 0 Å². The quantitative estimate of drug-likeness (QED) is 0.691. The lowest BCUT2D eigenvalue weighted by molar-refractivity contribution is 0.163. The molecular formula is C17H24ClN5O3S. The average Bonchev–Trinajstić information content (AvgIpc) is 3.11. The summed E-state index contributed by atoms with van der Waals surface area (Å²) in [5, 5.41) is 8.72. The molecule has 0 atom stereocenters. The van der Waals surface area contributed by atoms with Gasteiger partial charge in [-0.1, -0.05) is 37.6 Å². The fraction of sp³-hybridized carbons (Fsp3) is 0.529. The van der Waals surface area contributed by atoms with Crippen molar-refractivity contribution in [2.45, 2.75) is 20.4 Å². The number of nitrogens with zero attached hydrogens (tertiary/aromatic N) is 5. The molecule has 1 aliphatic heterocycles. The van der Waals surface area contributed by atoms with E-state index < -0.39 is 10.2 Å². The Morgan fingerprint density at radius 2 is 1.78 bits per heavy atom. The van der Waals surface area contributed by atoms with Gasteiger partial charge in [-0.25, -0.2) is 0 Å². The maximum absolute atomic E-state index is 12.6. The van der Waals surface area contributed by atoms with Crippen LogP contribution in [-0.2, 0) is 16.8 Å². The molecule has 0 N–H and O–H groups in total. The molecule has 10 heteroatoms. The lowest BCUT2D eigenvalue weighted by Gasteiger charge is -2.35. The SMILES string of the molecule is CCN(CC)S(=O)(=O)N1CCN(Cc2nnc(-c3ccccc3Cl)o2)CC1. The zero-order valence-electron chi connectivity index (χ0n) is 15.5. The second kappa shape index (κ2) is 8.66. The topological polar surface area (TPSA) is 82.8 Å². The van der Waals surface area contributed by atoms with E-state index in [1.54, 1.807) is 10.4 Å². The molecule has 148 valence electrons. The van der Waals surface area contributed by atoms with E-state index in [1.807, 2.05) is 32.0 Å². The molecule has 1 aromatic carbocycles. The van der Waals surface area contributed by atoms with E-state index in [4.69, 9.17) is 16.0 Å². The van der Waals surface area contributed by atoms with Crippen LogP contribution in [0, 0.1) is 0 Å². The zero-order chi connectivity index (χ0) is 19.4. The van der Waals surface area contributed by atoms with Crippen LogP contribution in [0.3, 0.4) is 0 Å². The smallest absolute Gasteiger partial charge is 0.282 e. The molecule has 1 saturated heterocycles. The van der Waals surface area contributed by atoms with Gasteiger partial charge in [0.05, 0.1) is 17.1 Å². The van der Waals surface area contributed by atoms with Crippen LogP contribution in [0.5, 0.6) is 0 Å². The van der Waals surface area contributed by atoms with Gasteiger partial charge in [0.25, 0.3) is 10.2 Å². The average molecular weight is 414 g/mol. The van der Waals surface area contributed by atoms with E-state index in [0.29, 0.717) is 68.2 Å². The Kier molecular flexibility index (Phi) is 6.48. The third-order valence-electron chi connectivity index (χ3n) is 4.62. The summed E-state index contributed by atoms with van der Waals surface area (Å²) in [6.45, 7) is 7.27. The van der Waals surface area contributed by atoms with Gasteiger partial charge in [-0.3, -0.25) is 4.90 Å². The molecule has 1 aliphatic rings. The van der Waals surface area contributed by atoms with E-state index in [2.05, 4.69) is 15.1 Å². The number of aromatic nitrogens is 2. The molecule has 27 heavy (non-hydrogen) atoms. The highest BCUT2D eigenvalue weighted by Gasteiger charge is 2.31. The maximum atomic E-state index is 12.6. The minimum Gasteiger partial charge on any atom is -0.419 e. The van der Waals surface area contributed by atoms with Gasteiger partial charge in [0.15, 0.2) is 0 Å². The minimum absolute atomic E-state index is 0.387. The second-order valence-corrected chi connectivity index (χ2v) is 8.58. The van der Waals surface area contributed by atoms with Gasteiger partial charge < -0.3 is 4.42 Å². The first kappa shape index (κ1) is 20.2. The van der Waals surface area contributed by atoms with E-state index in [0.717, 1.165) is 0 Å². The third-order valence-corrected chi connectivity index (χ3v) is 7.14. The first-order chi connectivity index (χ1) is 13.0. The number of halogens is 1. The lowest BCUT2D eigenvalue weighted by atomic mass is 10.2. The van der Waals surface area contributed by atoms with Crippen molar-refractivity contribution in [2.75, 3.05) is 39.3 Å². The molecule has 0 aliphatic carbocycles. The first-order valence-electron chi connectivity index (χ1n) is 9.00. The van der Waals surface area contributed by atoms with Crippen LogP contribution in [0.1, 0.15) is 19.7 Å². The van der Waals surface area contributed by atoms with Gasteiger partial charge in [0.2, 0.25) is 11.8 Å². The summed E-state index contributed by atoms with van der Waals surface area (Å²) in [4.78, 5) is 2.11. The van der Waals surface area contributed by atoms with Crippen molar-refractivity contribution in [3.63, 3.8) is 0 Å². The van der Waals surface area contributed by atoms with E-state index in [9.17, 15) is 8.42 Å². The van der Waals surface area contributed by atoms with Crippen molar-refractivity contribution >= 4 is 21.8 Å². The Bertz CT molecular complexity index is 861. The van der Waals surface area contributed by atoms with Crippen molar-refractivity contribution in [3.05, 3.63) is 35.2 Å². The van der Waals surface area contributed by atoms with Crippen molar-refractivity contribution in [1.29, 1.82) is 0 Å². The normalized spacial score (nSPS) is 16.9. The molecule has 3 rings (SSSR count). The Balaban J connectivity index is 1.60. The summed E-state index contributed by atoms with van der Waals surface area (Å²) in [5.41, 5.74) is 0.702. The number of hydrogen-bond acceptors (Lipinski definition) is 6. The van der Waals surface area contributed by atoms with Crippen molar-refractivity contribution in [2.24, 2.45) is 0 Å². The number of benzene rings is 1. The van der Waals surface area contributed by atoms with Gasteiger partial charge in [-0.2, -0.15) is 17.0 Å². The highest BCUT2D eigenvalue weighted by molar-refractivity contribution is 7.86. The fourth-order valence-electron chi connectivity index (χ4n) is 3.08. The standard InChI is InChI=1S/C17H24ClN5O3S/c1-3-22(4-2)27(24,25)23-11-9-21(10-12-23)13-16-19-20-17(26-16)14-7-5-6-8-15(14)18/h5-8H,3-4,9-13H2,1-2H3. The predicted octanol–water partition coefficient (Wildman–Crippen LogP) is 2.09. The first-order valence-corrected chi connectivity index (χ1v) is 10.8. The summed E-state index contributed by atoms with van der Waals surface area (Å²) in [6.07, 6.45) is 0. The van der Waals surface area contributed by atoms with E-state index >= 15 is 0 Å². The Morgan fingerprint density at radius 3 is 2.41 bits per heavy atom. The van der Waals surface area contributed by atoms with E-state index in [1.165, 1.54) is 4.31 Å². The Labute approximate surface area is 164 Å². The van der Waals surface area contributed by atoms with Crippen LogP contribution < -0.4 is 0 Å². The number of hydrogen-bond donors (Lipinski definition) is 0. The van der Waals surface area contributed by atoms with Crippen molar-refractivity contribution in [1.82, 2.24) is 23.7 Å². The van der Waals surface area contributed by atoms with E-state index in [-0.39, 0.29) is 0 Å². The van der Waals surface area contributed by atoms with Crippen LogP contribution in [0.15, 0.2) is 28.7 Å². The highest BCUT2D eigenvalue weighted by Crippen LogP contribution is 2.26. The lowest BCUT2D eigenvalue weighted by Crippen LogP contribution is -2.52. The summed E-state index contributed by atoms with van der Waals surface area (Å²) in [5.74, 6) is 0.878. The van der Waals surface area contributed by atoms with Gasteiger partial charge in [-0.05, 0) is 12.1 Å². The van der Waals surface area contributed by atoms with Crippen LogP contribution in [0.25, 0.3) is 11.5 Å². The summed E-state index contributed by atoms with van der Waals surface area (Å²) < 4.78 is 33.9. The molecule has 0 amide bonds. The van der Waals surface area contributed by atoms with Crippen LogP contribution in [0.4, 0.5) is 0 Å². The Morgan fingerprint density at radius 1 is 1.11 bits per heavy atom. The molecule has 0 unspecified atom stereocenters. The maximum Gasteiger partial charge on any atom is 0.282 e. The van der Waals surface area contributed by atoms with Crippen LogP contribution in [-0.4, -0.2) is 71.4 Å². The highest BCUT2D eigenvalue weighted by atomic mass is 35.5. The fourth-order valence-corrected chi connectivity index (χ4v) is 4.90. The summed E-state index contributed by atoms with van der Waals surface area (Å²) in [7, 11) is -3.38. The minimum atomic E-state index is -3.38. The largest absolute Gasteiger partial charge is 0.419 e. The molecule has 0 spiro atoms. The van der Waals surface area contributed by atoms with Crippen LogP contribution in [0.2, 0.25) is 5.02 Å².